The molecule has 1 fully saturated rings. The molecule has 2 aromatic heterocycles. The summed E-state index contributed by atoms with van der Waals surface area (Å²) < 4.78 is 5.03. The quantitative estimate of drug-likeness (QED) is 0.859. The molecule has 0 bridgehead atoms. The number of hydrogen-bond acceptors (Lipinski definition) is 5. The average Bonchev–Trinajstić information content (AvgIpc) is 3.09. The van der Waals surface area contributed by atoms with Gasteiger partial charge in [-0.15, -0.1) is 0 Å². The Balaban J connectivity index is 1.86. The molecule has 2 aromatic rings. The summed E-state index contributed by atoms with van der Waals surface area (Å²) in [5, 5.41) is 0. The molecular formula is C15H16N4O2. The Morgan fingerprint density at radius 1 is 1.19 bits per heavy atom. The summed E-state index contributed by atoms with van der Waals surface area (Å²) in [6.45, 7) is 1.60. The summed E-state index contributed by atoms with van der Waals surface area (Å²) in [5.74, 6) is 0.485. The van der Waals surface area contributed by atoms with E-state index in [2.05, 4.69) is 15.0 Å². The van der Waals surface area contributed by atoms with Gasteiger partial charge in [-0.2, -0.15) is 0 Å². The van der Waals surface area contributed by atoms with Crippen molar-refractivity contribution in [3.05, 3.63) is 36.4 Å². The Bertz CT molecular complexity index is 636. The van der Waals surface area contributed by atoms with E-state index in [1.165, 1.54) is 6.20 Å². The Hall–Kier alpha value is -2.50. The third kappa shape index (κ3) is 2.84. The first kappa shape index (κ1) is 13.5. The molecule has 3 rings (SSSR count). The smallest absolute Gasteiger partial charge is 0.274 e. The first-order valence-corrected chi connectivity index (χ1v) is 6.89. The van der Waals surface area contributed by atoms with Crippen molar-refractivity contribution in [1.29, 1.82) is 0 Å². The maximum absolute atomic E-state index is 12.3. The van der Waals surface area contributed by atoms with Gasteiger partial charge in [0.2, 0.25) is 5.88 Å². The van der Waals surface area contributed by atoms with Crippen molar-refractivity contribution < 1.29 is 9.53 Å². The minimum atomic E-state index is -0.0525. The van der Waals surface area contributed by atoms with Crippen LogP contribution >= 0.6 is 0 Å². The highest BCUT2D eigenvalue weighted by Gasteiger charge is 2.21. The number of hydrogen-bond donors (Lipinski definition) is 0. The molecule has 0 saturated carbocycles. The summed E-state index contributed by atoms with van der Waals surface area (Å²) in [7, 11) is 1.57. The molecule has 108 valence electrons. The molecule has 1 aliphatic rings. The highest BCUT2D eigenvalue weighted by Crippen LogP contribution is 2.18. The van der Waals surface area contributed by atoms with Gasteiger partial charge in [0.05, 0.1) is 25.2 Å². The lowest BCUT2D eigenvalue weighted by Crippen LogP contribution is -2.28. The van der Waals surface area contributed by atoms with E-state index >= 15 is 0 Å². The maximum Gasteiger partial charge on any atom is 0.274 e. The van der Waals surface area contributed by atoms with Gasteiger partial charge in [0.15, 0.2) is 0 Å². The van der Waals surface area contributed by atoms with Crippen LogP contribution in [0.5, 0.6) is 5.88 Å². The molecule has 6 nitrogen and oxygen atoms in total. The van der Waals surface area contributed by atoms with Gasteiger partial charge in [0.1, 0.15) is 5.69 Å². The van der Waals surface area contributed by atoms with Crippen LogP contribution in [0.3, 0.4) is 0 Å². The number of pyridine rings is 1. The lowest BCUT2D eigenvalue weighted by atomic mass is 10.2. The largest absolute Gasteiger partial charge is 0.481 e. The van der Waals surface area contributed by atoms with E-state index in [0.717, 1.165) is 31.5 Å². The third-order valence-electron chi connectivity index (χ3n) is 3.49. The second kappa shape index (κ2) is 5.87. The zero-order valence-electron chi connectivity index (χ0n) is 11.8. The van der Waals surface area contributed by atoms with Crippen molar-refractivity contribution in [3.8, 4) is 17.1 Å². The van der Waals surface area contributed by atoms with Crippen molar-refractivity contribution in [3.63, 3.8) is 0 Å². The predicted molar refractivity (Wildman–Crippen MR) is 77.0 cm³/mol. The molecule has 0 radical (unpaired) electrons. The number of methoxy groups -OCH3 is 1. The van der Waals surface area contributed by atoms with E-state index in [0.29, 0.717) is 17.3 Å². The fraction of sp³-hybridized carbons (Fsp3) is 0.333. The molecule has 0 unspecified atom stereocenters. The van der Waals surface area contributed by atoms with Crippen molar-refractivity contribution in [2.45, 2.75) is 12.8 Å². The van der Waals surface area contributed by atoms with Crippen molar-refractivity contribution in [1.82, 2.24) is 19.9 Å². The van der Waals surface area contributed by atoms with Gasteiger partial charge in [0.25, 0.3) is 5.91 Å². The molecule has 1 saturated heterocycles. The van der Waals surface area contributed by atoms with E-state index < -0.39 is 0 Å². The van der Waals surface area contributed by atoms with E-state index in [1.54, 1.807) is 25.6 Å². The van der Waals surface area contributed by atoms with Crippen LogP contribution < -0.4 is 4.74 Å². The van der Waals surface area contributed by atoms with Gasteiger partial charge in [0, 0.05) is 30.9 Å². The van der Waals surface area contributed by atoms with Gasteiger partial charge >= 0.3 is 0 Å². The van der Waals surface area contributed by atoms with Crippen LogP contribution in [0.4, 0.5) is 0 Å². The fourth-order valence-corrected chi connectivity index (χ4v) is 2.34. The van der Waals surface area contributed by atoms with E-state index in [1.807, 2.05) is 11.0 Å². The zero-order chi connectivity index (χ0) is 14.7. The molecule has 0 aromatic carbocycles. The number of carbonyl (C=O) groups excluding carboxylic acids is 1. The summed E-state index contributed by atoms with van der Waals surface area (Å²) in [4.78, 5) is 26.8. The number of nitrogens with zero attached hydrogens (tertiary/aromatic N) is 4. The zero-order valence-corrected chi connectivity index (χ0v) is 11.8. The van der Waals surface area contributed by atoms with Gasteiger partial charge < -0.3 is 9.64 Å². The van der Waals surface area contributed by atoms with Crippen molar-refractivity contribution in [2.24, 2.45) is 0 Å². The summed E-state index contributed by atoms with van der Waals surface area (Å²) in [6, 6.07) is 3.60. The summed E-state index contributed by atoms with van der Waals surface area (Å²) in [6.07, 6.45) is 6.92. The minimum absolute atomic E-state index is 0.0525. The van der Waals surface area contributed by atoms with Gasteiger partial charge in [-0.1, -0.05) is 0 Å². The lowest BCUT2D eigenvalue weighted by Gasteiger charge is -2.14. The van der Waals surface area contributed by atoms with Crippen LogP contribution in [0.25, 0.3) is 11.3 Å². The molecule has 3 heterocycles. The normalized spacial score (nSPS) is 14.2. The molecule has 0 spiro atoms. The van der Waals surface area contributed by atoms with Crippen LogP contribution in [0.1, 0.15) is 23.3 Å². The lowest BCUT2D eigenvalue weighted by molar-refractivity contribution is 0.0786. The van der Waals surface area contributed by atoms with Crippen LogP contribution in [-0.4, -0.2) is 46.0 Å². The Labute approximate surface area is 122 Å². The van der Waals surface area contributed by atoms with Crippen LogP contribution in [0.2, 0.25) is 0 Å². The SMILES string of the molecule is COc1ccc(-c2cncc(C(=O)N3CCCC3)n2)cn1. The second-order valence-corrected chi connectivity index (χ2v) is 4.88. The molecule has 0 atom stereocenters. The number of carbonyl (C=O) groups is 1. The number of rotatable bonds is 3. The maximum atomic E-state index is 12.3. The fourth-order valence-electron chi connectivity index (χ4n) is 2.34. The molecule has 6 heteroatoms. The Morgan fingerprint density at radius 2 is 2.00 bits per heavy atom. The van der Waals surface area contributed by atoms with Crippen LogP contribution in [0, 0.1) is 0 Å². The molecular weight excluding hydrogens is 268 g/mol. The standard InChI is InChI=1S/C15H16N4O2/c1-21-14-5-4-11(8-17-14)12-9-16-10-13(18-12)15(20)19-6-2-3-7-19/h4-5,8-10H,2-3,6-7H2,1H3. The minimum Gasteiger partial charge on any atom is -0.481 e. The third-order valence-corrected chi connectivity index (χ3v) is 3.49. The highest BCUT2D eigenvalue weighted by molar-refractivity contribution is 5.92. The highest BCUT2D eigenvalue weighted by atomic mass is 16.5. The van der Waals surface area contributed by atoms with Crippen molar-refractivity contribution in [2.75, 3.05) is 20.2 Å². The van der Waals surface area contributed by atoms with E-state index in [-0.39, 0.29) is 5.91 Å². The molecule has 1 amide bonds. The van der Waals surface area contributed by atoms with Gasteiger partial charge in [-0.25, -0.2) is 9.97 Å². The second-order valence-electron chi connectivity index (χ2n) is 4.88. The summed E-state index contributed by atoms with van der Waals surface area (Å²) in [5.41, 5.74) is 1.82. The molecule has 0 N–H and O–H groups in total. The monoisotopic (exact) mass is 284 g/mol. The van der Waals surface area contributed by atoms with Crippen molar-refractivity contribution >= 4 is 5.91 Å². The van der Waals surface area contributed by atoms with E-state index in [9.17, 15) is 4.79 Å². The van der Waals surface area contributed by atoms with Gasteiger partial charge in [-0.05, 0) is 18.9 Å². The van der Waals surface area contributed by atoms with E-state index in [4.69, 9.17) is 4.74 Å². The number of amides is 1. The van der Waals surface area contributed by atoms with Gasteiger partial charge in [-0.3, -0.25) is 9.78 Å². The predicted octanol–water partition coefficient (Wildman–Crippen LogP) is 1.78. The number of ether oxygens (including phenoxy) is 1. The topological polar surface area (TPSA) is 68.2 Å². The van der Waals surface area contributed by atoms with Crippen LogP contribution in [0.15, 0.2) is 30.7 Å². The first-order valence-electron chi connectivity index (χ1n) is 6.89. The first-order chi connectivity index (χ1) is 10.3. The molecule has 21 heavy (non-hydrogen) atoms. The Morgan fingerprint density at radius 3 is 2.67 bits per heavy atom. The number of aromatic nitrogens is 3. The molecule has 1 aliphatic heterocycles. The summed E-state index contributed by atoms with van der Waals surface area (Å²) >= 11 is 0. The Kier molecular flexibility index (Phi) is 3.77. The van der Waals surface area contributed by atoms with Crippen LogP contribution in [-0.2, 0) is 0 Å². The molecule has 0 aliphatic carbocycles. The number of likely N-dealkylation sites (tertiary alicyclic amines) is 1. The average molecular weight is 284 g/mol.